The van der Waals surface area contributed by atoms with E-state index in [1.165, 1.54) is 19.3 Å². The van der Waals surface area contributed by atoms with Crippen LogP contribution in [0.2, 0.25) is 0 Å². The van der Waals surface area contributed by atoms with Crippen LogP contribution in [0.5, 0.6) is 0 Å². The van der Waals surface area contributed by atoms with Crippen LogP contribution in [0.25, 0.3) is 10.9 Å². The maximum absolute atomic E-state index is 5.78. The SMILES string of the molecule is CC1(Nc2nc(N)nc3cc(Br)ccc23)CCC1. The summed E-state index contributed by atoms with van der Waals surface area (Å²) in [5, 5.41) is 4.53. The van der Waals surface area contributed by atoms with Crippen LogP contribution < -0.4 is 11.1 Å². The number of rotatable bonds is 2. The summed E-state index contributed by atoms with van der Waals surface area (Å²) in [5.74, 6) is 1.15. The number of nitrogens with one attached hydrogen (secondary N) is 1. The second kappa shape index (κ2) is 4.09. The molecule has 1 saturated carbocycles. The average molecular weight is 307 g/mol. The molecule has 0 saturated heterocycles. The zero-order valence-electron chi connectivity index (χ0n) is 10.2. The van der Waals surface area contributed by atoms with Crippen molar-refractivity contribution >= 4 is 38.6 Å². The molecule has 0 aliphatic heterocycles. The van der Waals surface area contributed by atoms with E-state index in [2.05, 4.69) is 38.1 Å². The first kappa shape index (κ1) is 11.7. The van der Waals surface area contributed by atoms with Gasteiger partial charge in [-0.3, -0.25) is 0 Å². The molecule has 1 aromatic heterocycles. The van der Waals surface area contributed by atoms with E-state index in [0.717, 1.165) is 21.2 Å². The molecule has 94 valence electrons. The van der Waals surface area contributed by atoms with E-state index in [4.69, 9.17) is 5.73 Å². The van der Waals surface area contributed by atoms with Crippen LogP contribution in [0.1, 0.15) is 26.2 Å². The van der Waals surface area contributed by atoms with Gasteiger partial charge in [0.25, 0.3) is 0 Å². The third kappa shape index (κ3) is 2.03. The largest absolute Gasteiger partial charge is 0.368 e. The van der Waals surface area contributed by atoms with E-state index in [9.17, 15) is 0 Å². The molecule has 18 heavy (non-hydrogen) atoms. The van der Waals surface area contributed by atoms with Gasteiger partial charge in [-0.2, -0.15) is 4.98 Å². The van der Waals surface area contributed by atoms with Gasteiger partial charge in [-0.05, 0) is 44.4 Å². The van der Waals surface area contributed by atoms with Gasteiger partial charge in [0.2, 0.25) is 5.95 Å². The number of nitrogen functional groups attached to an aromatic ring is 1. The molecule has 0 unspecified atom stereocenters. The van der Waals surface area contributed by atoms with E-state index in [-0.39, 0.29) is 5.54 Å². The second-order valence-electron chi connectivity index (χ2n) is 5.13. The summed E-state index contributed by atoms with van der Waals surface area (Å²) in [5.41, 5.74) is 6.79. The monoisotopic (exact) mass is 306 g/mol. The van der Waals surface area contributed by atoms with Gasteiger partial charge in [0, 0.05) is 15.4 Å². The van der Waals surface area contributed by atoms with Crippen molar-refractivity contribution in [2.24, 2.45) is 0 Å². The minimum absolute atomic E-state index is 0.154. The van der Waals surface area contributed by atoms with E-state index < -0.39 is 0 Å². The molecule has 0 bridgehead atoms. The zero-order valence-corrected chi connectivity index (χ0v) is 11.8. The molecule has 1 heterocycles. The van der Waals surface area contributed by atoms with Gasteiger partial charge in [-0.25, -0.2) is 4.98 Å². The summed E-state index contributed by atoms with van der Waals surface area (Å²) in [6.45, 7) is 2.22. The number of anilines is 2. The predicted molar refractivity (Wildman–Crippen MR) is 77.5 cm³/mol. The Morgan fingerprint density at radius 3 is 2.78 bits per heavy atom. The van der Waals surface area contributed by atoms with Crippen LogP contribution in [0.15, 0.2) is 22.7 Å². The zero-order chi connectivity index (χ0) is 12.8. The van der Waals surface area contributed by atoms with Crippen molar-refractivity contribution in [1.82, 2.24) is 9.97 Å². The number of nitrogens with two attached hydrogens (primary N) is 1. The smallest absolute Gasteiger partial charge is 0.222 e. The van der Waals surface area contributed by atoms with Crippen molar-refractivity contribution in [2.45, 2.75) is 31.7 Å². The molecule has 1 aromatic carbocycles. The molecular formula is C13H15BrN4. The van der Waals surface area contributed by atoms with Crippen molar-refractivity contribution in [3.63, 3.8) is 0 Å². The van der Waals surface area contributed by atoms with Crippen LogP contribution in [0.4, 0.5) is 11.8 Å². The van der Waals surface area contributed by atoms with Crippen molar-refractivity contribution < 1.29 is 0 Å². The van der Waals surface area contributed by atoms with Gasteiger partial charge in [0.15, 0.2) is 0 Å². The predicted octanol–water partition coefficient (Wildman–Crippen LogP) is 3.33. The van der Waals surface area contributed by atoms with E-state index in [1.54, 1.807) is 0 Å². The Morgan fingerprint density at radius 1 is 1.33 bits per heavy atom. The Kier molecular flexibility index (Phi) is 2.66. The molecule has 1 fully saturated rings. The molecule has 1 aliphatic carbocycles. The lowest BCUT2D eigenvalue weighted by Gasteiger charge is -2.39. The number of hydrogen-bond acceptors (Lipinski definition) is 4. The van der Waals surface area contributed by atoms with Gasteiger partial charge < -0.3 is 11.1 Å². The van der Waals surface area contributed by atoms with Gasteiger partial charge in [0.05, 0.1) is 5.52 Å². The molecule has 0 amide bonds. The summed E-state index contributed by atoms with van der Waals surface area (Å²) >= 11 is 3.45. The molecule has 0 atom stereocenters. The second-order valence-corrected chi connectivity index (χ2v) is 6.05. The first-order chi connectivity index (χ1) is 8.56. The average Bonchev–Trinajstić information content (AvgIpc) is 2.25. The lowest BCUT2D eigenvalue weighted by Crippen LogP contribution is -2.42. The number of fused-ring (bicyclic) bond motifs is 1. The molecule has 2 aromatic rings. The maximum Gasteiger partial charge on any atom is 0.222 e. The van der Waals surface area contributed by atoms with Gasteiger partial charge in [0.1, 0.15) is 5.82 Å². The Balaban J connectivity index is 2.09. The number of halogens is 1. The normalized spacial score (nSPS) is 17.4. The Hall–Kier alpha value is -1.36. The minimum Gasteiger partial charge on any atom is -0.368 e. The Morgan fingerprint density at radius 2 is 2.11 bits per heavy atom. The molecule has 0 spiro atoms. The summed E-state index contributed by atoms with van der Waals surface area (Å²) < 4.78 is 0.994. The molecular weight excluding hydrogens is 292 g/mol. The van der Waals surface area contributed by atoms with Crippen LogP contribution in [0, 0.1) is 0 Å². The minimum atomic E-state index is 0.154. The van der Waals surface area contributed by atoms with Crippen molar-refractivity contribution in [3.8, 4) is 0 Å². The van der Waals surface area contributed by atoms with Gasteiger partial charge >= 0.3 is 0 Å². The Labute approximate surface area is 114 Å². The van der Waals surface area contributed by atoms with E-state index in [1.807, 2.05) is 18.2 Å². The third-order valence-corrected chi connectivity index (χ3v) is 4.05. The van der Waals surface area contributed by atoms with Gasteiger partial charge in [-0.1, -0.05) is 15.9 Å². The first-order valence-electron chi connectivity index (χ1n) is 6.07. The Bertz CT molecular complexity index is 602. The highest BCUT2D eigenvalue weighted by atomic mass is 79.9. The lowest BCUT2D eigenvalue weighted by molar-refractivity contribution is 0.306. The highest BCUT2D eigenvalue weighted by Crippen LogP contribution is 2.36. The third-order valence-electron chi connectivity index (χ3n) is 3.55. The number of benzene rings is 1. The first-order valence-corrected chi connectivity index (χ1v) is 6.86. The summed E-state index contributed by atoms with van der Waals surface area (Å²) in [4.78, 5) is 8.61. The fourth-order valence-corrected chi connectivity index (χ4v) is 2.68. The molecule has 3 N–H and O–H groups in total. The van der Waals surface area contributed by atoms with Crippen LogP contribution in [0.3, 0.4) is 0 Å². The number of aromatic nitrogens is 2. The number of nitrogens with zero attached hydrogens (tertiary/aromatic N) is 2. The van der Waals surface area contributed by atoms with Crippen LogP contribution >= 0.6 is 15.9 Å². The molecule has 0 radical (unpaired) electrons. The van der Waals surface area contributed by atoms with Crippen molar-refractivity contribution in [3.05, 3.63) is 22.7 Å². The van der Waals surface area contributed by atoms with Crippen LogP contribution in [-0.2, 0) is 0 Å². The highest BCUT2D eigenvalue weighted by molar-refractivity contribution is 9.10. The van der Waals surface area contributed by atoms with Crippen LogP contribution in [-0.4, -0.2) is 15.5 Å². The van der Waals surface area contributed by atoms with Crippen molar-refractivity contribution in [1.29, 1.82) is 0 Å². The summed E-state index contributed by atoms with van der Waals surface area (Å²) in [6, 6.07) is 5.97. The number of hydrogen-bond donors (Lipinski definition) is 2. The van der Waals surface area contributed by atoms with E-state index >= 15 is 0 Å². The molecule has 1 aliphatic rings. The quantitative estimate of drug-likeness (QED) is 0.893. The highest BCUT2D eigenvalue weighted by Gasteiger charge is 2.32. The van der Waals surface area contributed by atoms with Crippen molar-refractivity contribution in [2.75, 3.05) is 11.1 Å². The molecule has 4 nitrogen and oxygen atoms in total. The summed E-state index contributed by atoms with van der Waals surface area (Å²) in [6.07, 6.45) is 3.62. The standard InChI is InChI=1S/C13H15BrN4/c1-13(5-2-6-13)18-11-9-4-3-8(14)7-10(9)16-12(15)17-11/h3-4,7H,2,5-6H2,1H3,(H3,15,16,17,18). The topological polar surface area (TPSA) is 63.8 Å². The fourth-order valence-electron chi connectivity index (χ4n) is 2.33. The maximum atomic E-state index is 5.78. The summed E-state index contributed by atoms with van der Waals surface area (Å²) in [7, 11) is 0. The fraction of sp³-hybridized carbons (Fsp3) is 0.385. The van der Waals surface area contributed by atoms with E-state index in [0.29, 0.717) is 5.95 Å². The lowest BCUT2D eigenvalue weighted by atomic mass is 9.78. The van der Waals surface area contributed by atoms with Gasteiger partial charge in [-0.15, -0.1) is 0 Å². The molecule has 3 rings (SSSR count). The molecule has 5 heteroatoms.